The number of benzene rings is 1. The van der Waals surface area contributed by atoms with E-state index in [1.165, 1.54) is 31.2 Å². The molecule has 0 aliphatic heterocycles. The summed E-state index contributed by atoms with van der Waals surface area (Å²) in [6, 6.07) is 10.8. The zero-order valence-electron chi connectivity index (χ0n) is 11.4. The fourth-order valence-corrected chi connectivity index (χ4v) is 3.33. The molecule has 1 aromatic rings. The molecule has 0 radical (unpaired) electrons. The standard InChI is InChI=1S/C16H25NO/c1-2-17-16(12-13-18)10-8-15(9-11-16)14-6-4-3-5-7-14/h3-7,15,17-18H,2,8-13H2,1H3. The Morgan fingerprint density at radius 1 is 1.22 bits per heavy atom. The van der Waals surface area contributed by atoms with Crippen molar-refractivity contribution in [2.45, 2.75) is 50.5 Å². The Labute approximate surface area is 110 Å². The summed E-state index contributed by atoms with van der Waals surface area (Å²) >= 11 is 0. The lowest BCUT2D eigenvalue weighted by Crippen LogP contribution is -2.48. The van der Waals surface area contributed by atoms with Gasteiger partial charge < -0.3 is 10.4 Å². The van der Waals surface area contributed by atoms with Crippen LogP contribution in [0.4, 0.5) is 0 Å². The van der Waals surface area contributed by atoms with E-state index < -0.39 is 0 Å². The van der Waals surface area contributed by atoms with Crippen molar-refractivity contribution in [3.8, 4) is 0 Å². The zero-order chi connectivity index (χ0) is 12.8. The van der Waals surface area contributed by atoms with Crippen molar-refractivity contribution in [3.63, 3.8) is 0 Å². The monoisotopic (exact) mass is 247 g/mol. The van der Waals surface area contributed by atoms with Crippen LogP contribution in [0.1, 0.15) is 50.5 Å². The van der Waals surface area contributed by atoms with E-state index in [1.807, 2.05) is 0 Å². The molecule has 2 nitrogen and oxygen atoms in total. The quantitative estimate of drug-likeness (QED) is 0.838. The molecule has 1 aromatic carbocycles. The maximum atomic E-state index is 9.25. The van der Waals surface area contributed by atoms with Crippen LogP contribution in [0.2, 0.25) is 0 Å². The molecule has 1 fully saturated rings. The molecule has 100 valence electrons. The van der Waals surface area contributed by atoms with Gasteiger partial charge in [-0.15, -0.1) is 0 Å². The molecule has 2 N–H and O–H groups in total. The third-order valence-electron chi connectivity index (χ3n) is 4.36. The highest BCUT2D eigenvalue weighted by Gasteiger charge is 2.34. The Hall–Kier alpha value is -0.860. The van der Waals surface area contributed by atoms with Gasteiger partial charge in [-0.05, 0) is 50.1 Å². The molecule has 0 spiro atoms. The summed E-state index contributed by atoms with van der Waals surface area (Å²) in [5.41, 5.74) is 1.67. The van der Waals surface area contributed by atoms with E-state index in [0.717, 1.165) is 13.0 Å². The predicted octanol–water partition coefficient (Wildman–Crippen LogP) is 3.07. The third-order valence-corrected chi connectivity index (χ3v) is 4.36. The second kappa shape index (κ2) is 6.35. The lowest BCUT2D eigenvalue weighted by atomic mass is 9.73. The molecule has 0 amide bonds. The first-order valence-corrected chi connectivity index (χ1v) is 7.20. The van der Waals surface area contributed by atoms with Crippen LogP contribution in [-0.2, 0) is 0 Å². The molecular formula is C16H25NO. The van der Waals surface area contributed by atoms with Crippen molar-refractivity contribution in [1.29, 1.82) is 0 Å². The summed E-state index contributed by atoms with van der Waals surface area (Å²) in [6.07, 6.45) is 5.72. The molecule has 18 heavy (non-hydrogen) atoms. The highest BCUT2D eigenvalue weighted by molar-refractivity contribution is 5.20. The van der Waals surface area contributed by atoms with Crippen molar-refractivity contribution in [3.05, 3.63) is 35.9 Å². The molecule has 0 unspecified atom stereocenters. The van der Waals surface area contributed by atoms with E-state index in [1.54, 1.807) is 0 Å². The fraction of sp³-hybridized carbons (Fsp3) is 0.625. The van der Waals surface area contributed by atoms with Gasteiger partial charge in [-0.25, -0.2) is 0 Å². The van der Waals surface area contributed by atoms with Crippen LogP contribution >= 0.6 is 0 Å². The van der Waals surface area contributed by atoms with Crippen LogP contribution in [-0.4, -0.2) is 23.8 Å². The number of aliphatic hydroxyl groups excluding tert-OH is 1. The molecule has 0 saturated heterocycles. The topological polar surface area (TPSA) is 32.3 Å². The van der Waals surface area contributed by atoms with E-state index in [0.29, 0.717) is 12.5 Å². The molecule has 0 bridgehead atoms. The summed E-state index contributed by atoms with van der Waals surface area (Å²) in [5, 5.41) is 12.9. The molecule has 0 atom stereocenters. The van der Waals surface area contributed by atoms with Gasteiger partial charge in [0.05, 0.1) is 0 Å². The van der Waals surface area contributed by atoms with Crippen LogP contribution in [0.5, 0.6) is 0 Å². The van der Waals surface area contributed by atoms with Gasteiger partial charge in [-0.2, -0.15) is 0 Å². The Balaban J connectivity index is 1.97. The summed E-state index contributed by atoms with van der Waals surface area (Å²) in [7, 11) is 0. The average Bonchev–Trinajstić information content (AvgIpc) is 2.41. The Morgan fingerprint density at radius 3 is 2.44 bits per heavy atom. The van der Waals surface area contributed by atoms with Crippen LogP contribution in [0, 0.1) is 0 Å². The van der Waals surface area contributed by atoms with Crippen LogP contribution in [0.3, 0.4) is 0 Å². The lowest BCUT2D eigenvalue weighted by molar-refractivity contribution is 0.159. The van der Waals surface area contributed by atoms with Crippen molar-refractivity contribution in [2.24, 2.45) is 0 Å². The second-order valence-electron chi connectivity index (χ2n) is 5.47. The molecule has 0 aromatic heterocycles. The zero-order valence-corrected chi connectivity index (χ0v) is 11.4. The van der Waals surface area contributed by atoms with Gasteiger partial charge in [-0.3, -0.25) is 0 Å². The molecule has 1 saturated carbocycles. The van der Waals surface area contributed by atoms with Crippen molar-refractivity contribution >= 4 is 0 Å². The molecular weight excluding hydrogens is 222 g/mol. The van der Waals surface area contributed by atoms with E-state index in [9.17, 15) is 5.11 Å². The highest BCUT2D eigenvalue weighted by atomic mass is 16.3. The molecule has 2 heteroatoms. The summed E-state index contributed by atoms with van der Waals surface area (Å²) in [4.78, 5) is 0. The summed E-state index contributed by atoms with van der Waals surface area (Å²) in [6.45, 7) is 3.45. The molecule has 1 aliphatic carbocycles. The highest BCUT2D eigenvalue weighted by Crippen LogP contribution is 2.39. The summed E-state index contributed by atoms with van der Waals surface area (Å²) in [5.74, 6) is 0.705. The predicted molar refractivity (Wildman–Crippen MR) is 75.8 cm³/mol. The van der Waals surface area contributed by atoms with Crippen LogP contribution in [0.15, 0.2) is 30.3 Å². The van der Waals surface area contributed by atoms with Crippen molar-refractivity contribution in [1.82, 2.24) is 5.32 Å². The third kappa shape index (κ3) is 3.12. The van der Waals surface area contributed by atoms with Gasteiger partial charge in [0, 0.05) is 12.1 Å². The van der Waals surface area contributed by atoms with Gasteiger partial charge in [0.25, 0.3) is 0 Å². The Kier molecular flexibility index (Phi) is 4.79. The second-order valence-corrected chi connectivity index (χ2v) is 5.47. The maximum absolute atomic E-state index is 9.25. The van der Waals surface area contributed by atoms with Gasteiger partial charge in [-0.1, -0.05) is 37.3 Å². The molecule has 0 heterocycles. The van der Waals surface area contributed by atoms with Crippen molar-refractivity contribution < 1.29 is 5.11 Å². The Bertz CT molecular complexity index is 333. The number of aliphatic hydroxyl groups is 1. The van der Waals surface area contributed by atoms with E-state index in [2.05, 4.69) is 42.6 Å². The maximum Gasteiger partial charge on any atom is 0.0448 e. The minimum atomic E-state index is 0.189. The number of hydrogen-bond acceptors (Lipinski definition) is 2. The van der Waals surface area contributed by atoms with Crippen molar-refractivity contribution in [2.75, 3.05) is 13.2 Å². The minimum absolute atomic E-state index is 0.189. The Morgan fingerprint density at radius 2 is 1.89 bits per heavy atom. The van der Waals surface area contributed by atoms with Gasteiger partial charge >= 0.3 is 0 Å². The van der Waals surface area contributed by atoms with E-state index >= 15 is 0 Å². The van der Waals surface area contributed by atoms with Crippen LogP contribution < -0.4 is 5.32 Å². The first-order valence-electron chi connectivity index (χ1n) is 7.20. The first-order chi connectivity index (χ1) is 8.79. The molecule has 1 aliphatic rings. The van der Waals surface area contributed by atoms with Gasteiger partial charge in [0.2, 0.25) is 0 Å². The number of nitrogens with one attached hydrogen (secondary N) is 1. The lowest BCUT2D eigenvalue weighted by Gasteiger charge is -2.41. The number of rotatable bonds is 5. The largest absolute Gasteiger partial charge is 0.396 e. The minimum Gasteiger partial charge on any atom is -0.396 e. The van der Waals surface area contributed by atoms with Crippen LogP contribution in [0.25, 0.3) is 0 Å². The first kappa shape index (κ1) is 13.6. The summed E-state index contributed by atoms with van der Waals surface area (Å²) < 4.78 is 0. The smallest absolute Gasteiger partial charge is 0.0448 e. The average molecular weight is 247 g/mol. The number of hydrogen-bond donors (Lipinski definition) is 2. The normalized spacial score (nSPS) is 28.2. The van der Waals surface area contributed by atoms with E-state index in [-0.39, 0.29) is 5.54 Å². The fourth-order valence-electron chi connectivity index (χ4n) is 3.33. The van der Waals surface area contributed by atoms with Gasteiger partial charge in [0.15, 0.2) is 0 Å². The molecule has 2 rings (SSSR count). The SMILES string of the molecule is CCNC1(CCO)CCC(c2ccccc2)CC1. The van der Waals surface area contributed by atoms with E-state index in [4.69, 9.17) is 0 Å². The van der Waals surface area contributed by atoms with Gasteiger partial charge in [0.1, 0.15) is 0 Å².